The van der Waals surface area contributed by atoms with Crippen molar-refractivity contribution in [3.8, 4) is 0 Å². The van der Waals surface area contributed by atoms with Crippen molar-refractivity contribution < 1.29 is 5.48 Å². The molecule has 0 spiro atoms. The quantitative estimate of drug-likeness (QED) is 0.438. The minimum Gasteiger partial charge on any atom is -0.317 e. The van der Waals surface area contributed by atoms with Crippen LogP contribution in [0.1, 0.15) is 18.3 Å². The van der Waals surface area contributed by atoms with Crippen molar-refractivity contribution in [2.24, 2.45) is 0 Å². The van der Waals surface area contributed by atoms with Crippen LogP contribution in [0.25, 0.3) is 0 Å². The van der Waals surface area contributed by atoms with Crippen molar-refractivity contribution in [3.63, 3.8) is 0 Å². The van der Waals surface area contributed by atoms with E-state index < -0.39 is 12.9 Å². The summed E-state index contributed by atoms with van der Waals surface area (Å²) in [5.74, 6) is 0. The van der Waals surface area contributed by atoms with Crippen LogP contribution in [-0.4, -0.2) is 13.0 Å². The first-order chi connectivity index (χ1) is 3.96. The maximum absolute atomic E-state index is 7.12. The molecule has 1 aliphatic heterocycles. The van der Waals surface area contributed by atoms with Gasteiger partial charge in [0.1, 0.15) is 0 Å². The standard InChI is InChI=1S/C4H9N/c1-2-4-5-3-1/h5H,1-4H2/i1D2,3D2. The molecule has 0 atom stereocenters. The van der Waals surface area contributed by atoms with E-state index in [0.29, 0.717) is 6.54 Å². The Balaban J connectivity index is 2.75. The molecular formula is C4H9N. The first kappa shape index (κ1) is 0.969. The van der Waals surface area contributed by atoms with Crippen molar-refractivity contribution >= 4 is 0 Å². The predicted molar refractivity (Wildman–Crippen MR) is 22.1 cm³/mol. The van der Waals surface area contributed by atoms with Crippen LogP contribution in [-0.2, 0) is 0 Å². The summed E-state index contributed by atoms with van der Waals surface area (Å²) in [6.07, 6.45) is -1.42. The van der Waals surface area contributed by atoms with Gasteiger partial charge in [0, 0.05) is 5.48 Å². The van der Waals surface area contributed by atoms with Crippen LogP contribution in [0.4, 0.5) is 0 Å². The van der Waals surface area contributed by atoms with Crippen molar-refractivity contribution in [3.05, 3.63) is 0 Å². The van der Waals surface area contributed by atoms with Gasteiger partial charge < -0.3 is 5.32 Å². The average molecular weight is 75.1 g/mol. The predicted octanol–water partition coefficient (Wildman–Crippen LogP) is 0.370. The van der Waals surface area contributed by atoms with E-state index in [1.54, 1.807) is 0 Å². The monoisotopic (exact) mass is 75.1 g/mol. The molecule has 0 aliphatic carbocycles. The molecule has 1 rings (SSSR count). The van der Waals surface area contributed by atoms with E-state index in [-0.39, 0.29) is 6.42 Å². The first-order valence-corrected chi connectivity index (χ1v) is 1.71. The molecule has 0 aromatic carbocycles. The van der Waals surface area contributed by atoms with Gasteiger partial charge in [-0.15, -0.1) is 0 Å². The summed E-state index contributed by atoms with van der Waals surface area (Å²) < 4.78 is 28.4. The van der Waals surface area contributed by atoms with Gasteiger partial charge >= 0.3 is 0 Å². The topological polar surface area (TPSA) is 12.0 Å². The minimum absolute atomic E-state index is 0.264. The Morgan fingerprint density at radius 2 is 2.80 bits per heavy atom. The molecule has 0 unspecified atom stereocenters. The normalized spacial score (nSPS) is 56.0. The lowest BCUT2D eigenvalue weighted by Gasteiger charge is -1.76. The van der Waals surface area contributed by atoms with Gasteiger partial charge in [-0.25, -0.2) is 0 Å². The molecular weight excluding hydrogens is 62.1 g/mol. The number of hydrogen-bond acceptors (Lipinski definition) is 1. The summed E-state index contributed by atoms with van der Waals surface area (Å²) in [4.78, 5) is 0. The van der Waals surface area contributed by atoms with Crippen LogP contribution in [0.15, 0.2) is 0 Å². The molecule has 1 saturated heterocycles. The zero-order valence-electron chi connectivity index (χ0n) is 6.91. The first-order valence-electron chi connectivity index (χ1n) is 3.71. The smallest absolute Gasteiger partial charge is 0.0428 e. The Morgan fingerprint density at radius 1 is 1.80 bits per heavy atom. The molecule has 1 fully saturated rings. The minimum atomic E-state index is -1.83. The van der Waals surface area contributed by atoms with Crippen LogP contribution in [0.3, 0.4) is 0 Å². The summed E-state index contributed by atoms with van der Waals surface area (Å²) in [5.41, 5.74) is 0. The third-order valence-corrected chi connectivity index (χ3v) is 0.552. The highest BCUT2D eigenvalue weighted by Gasteiger charge is 1.93. The van der Waals surface area contributed by atoms with E-state index in [9.17, 15) is 0 Å². The van der Waals surface area contributed by atoms with Crippen molar-refractivity contribution in [2.75, 3.05) is 13.0 Å². The SMILES string of the molecule is [2H]C1([2H])CCNC1([2H])[2H]. The second-order valence-corrected chi connectivity index (χ2v) is 0.979. The van der Waals surface area contributed by atoms with E-state index in [4.69, 9.17) is 5.48 Å². The van der Waals surface area contributed by atoms with Crippen molar-refractivity contribution in [1.29, 1.82) is 0 Å². The largest absolute Gasteiger partial charge is 0.317 e. The fourth-order valence-corrected chi connectivity index (χ4v) is 0.312. The third kappa shape index (κ3) is 0.618. The Bertz CT molecular complexity index is 108. The van der Waals surface area contributed by atoms with Crippen molar-refractivity contribution in [1.82, 2.24) is 5.32 Å². The van der Waals surface area contributed by atoms with Crippen LogP contribution < -0.4 is 5.32 Å². The molecule has 0 aromatic rings. The highest BCUT2D eigenvalue weighted by Crippen LogP contribution is 1.90. The van der Waals surface area contributed by atoms with Gasteiger partial charge in [0.05, 0.1) is 0 Å². The summed E-state index contributed by atoms with van der Waals surface area (Å²) in [7, 11) is 0. The molecule has 1 heteroatoms. The average Bonchev–Trinajstić information content (AvgIpc) is 1.81. The molecule has 1 N–H and O–H groups in total. The zero-order chi connectivity index (χ0) is 7.12. The Kier molecular flexibility index (Phi) is 0.273. The Hall–Kier alpha value is -0.0400. The van der Waals surface area contributed by atoms with Gasteiger partial charge in [-0.1, -0.05) is 0 Å². The second kappa shape index (κ2) is 1.41. The molecule has 30 valence electrons. The van der Waals surface area contributed by atoms with Crippen LogP contribution >= 0.6 is 0 Å². The number of nitrogens with one attached hydrogen (secondary N) is 1. The Labute approximate surface area is 38.0 Å². The number of rotatable bonds is 0. The van der Waals surface area contributed by atoms with Crippen molar-refractivity contribution in [2.45, 2.75) is 12.8 Å². The number of hydrogen-bond donors (Lipinski definition) is 1. The van der Waals surface area contributed by atoms with Gasteiger partial charge in [-0.05, 0) is 25.8 Å². The van der Waals surface area contributed by atoms with Gasteiger partial charge in [0.25, 0.3) is 0 Å². The molecule has 0 amide bonds. The highest BCUT2D eigenvalue weighted by atomic mass is 14.9. The van der Waals surface area contributed by atoms with Gasteiger partial charge in [0.15, 0.2) is 0 Å². The van der Waals surface area contributed by atoms with E-state index >= 15 is 0 Å². The van der Waals surface area contributed by atoms with E-state index in [1.807, 2.05) is 0 Å². The molecule has 0 bridgehead atoms. The molecule has 0 radical (unpaired) electrons. The summed E-state index contributed by atoms with van der Waals surface area (Å²) in [5, 5.41) is 2.44. The maximum Gasteiger partial charge on any atom is 0.0428 e. The molecule has 5 heavy (non-hydrogen) atoms. The van der Waals surface area contributed by atoms with Crippen LogP contribution in [0, 0.1) is 0 Å². The Morgan fingerprint density at radius 3 is 3.00 bits per heavy atom. The van der Waals surface area contributed by atoms with E-state index in [1.165, 1.54) is 0 Å². The lowest BCUT2D eigenvalue weighted by molar-refractivity contribution is 0.857. The summed E-state index contributed by atoms with van der Waals surface area (Å²) >= 11 is 0. The van der Waals surface area contributed by atoms with Gasteiger partial charge in [-0.3, -0.25) is 0 Å². The maximum atomic E-state index is 7.12. The fraction of sp³-hybridized carbons (Fsp3) is 1.00. The zero-order valence-corrected chi connectivity index (χ0v) is 2.91. The molecule has 0 saturated carbocycles. The lowest BCUT2D eigenvalue weighted by atomic mass is 10.4. The summed E-state index contributed by atoms with van der Waals surface area (Å²) in [6, 6.07) is 0. The molecule has 1 nitrogen and oxygen atoms in total. The molecule has 0 aromatic heterocycles. The summed E-state index contributed by atoms with van der Waals surface area (Å²) in [6.45, 7) is -1.40. The molecule has 1 aliphatic rings. The molecule has 1 heterocycles. The van der Waals surface area contributed by atoms with E-state index in [0.717, 1.165) is 0 Å². The van der Waals surface area contributed by atoms with Crippen LogP contribution in [0.2, 0.25) is 0 Å². The fourth-order valence-electron chi connectivity index (χ4n) is 0.312. The van der Waals surface area contributed by atoms with E-state index in [2.05, 4.69) is 5.32 Å². The van der Waals surface area contributed by atoms with Gasteiger partial charge in [0.2, 0.25) is 0 Å². The highest BCUT2D eigenvalue weighted by molar-refractivity contribution is 4.55. The lowest BCUT2D eigenvalue weighted by Crippen LogP contribution is -2.03. The third-order valence-electron chi connectivity index (χ3n) is 0.552. The van der Waals surface area contributed by atoms with Crippen LogP contribution in [0.5, 0.6) is 0 Å². The van der Waals surface area contributed by atoms with Gasteiger partial charge in [-0.2, -0.15) is 0 Å². The second-order valence-electron chi connectivity index (χ2n) is 0.979.